The number of fused-ring (bicyclic) bond motifs is 2. The number of imidazole rings is 1. The molecule has 0 radical (unpaired) electrons. The summed E-state index contributed by atoms with van der Waals surface area (Å²) in [5.74, 6) is 6.29. The van der Waals surface area contributed by atoms with Crippen molar-refractivity contribution in [2.24, 2.45) is 0 Å². The summed E-state index contributed by atoms with van der Waals surface area (Å²) in [4.78, 5) is 8.73. The minimum Gasteiger partial charge on any atom is -0.355 e. The first kappa shape index (κ1) is 26.0. The number of hydrogen-bond donors (Lipinski definition) is 0. The maximum Gasteiger partial charge on any atom is 0.416 e. The summed E-state index contributed by atoms with van der Waals surface area (Å²) in [5, 5.41) is 9.28. The molecule has 0 spiro atoms. The highest BCUT2D eigenvalue weighted by molar-refractivity contribution is 5.86. The Balaban J connectivity index is 1.32. The van der Waals surface area contributed by atoms with Gasteiger partial charge in [-0.2, -0.15) is 18.3 Å². The molecule has 0 saturated carbocycles. The Bertz CT molecular complexity index is 1750. The van der Waals surface area contributed by atoms with E-state index in [4.69, 9.17) is 4.52 Å². The molecule has 1 fully saturated rings. The predicted octanol–water partition coefficient (Wildman–Crippen LogP) is 4.94. The zero-order valence-electron chi connectivity index (χ0n) is 22.2. The third kappa shape index (κ3) is 5.30. The van der Waals surface area contributed by atoms with Gasteiger partial charge in [0, 0.05) is 50.7 Å². The lowest BCUT2D eigenvalue weighted by atomic mass is 9.98. The number of halogens is 3. The first-order valence-corrected chi connectivity index (χ1v) is 13.0. The Morgan fingerprint density at radius 1 is 1.00 bits per heavy atom. The van der Waals surface area contributed by atoms with Gasteiger partial charge < -0.3 is 9.42 Å². The molecule has 5 aromatic rings. The van der Waals surface area contributed by atoms with Crippen molar-refractivity contribution in [2.45, 2.75) is 26.1 Å². The molecule has 7 nitrogen and oxygen atoms in total. The second kappa shape index (κ2) is 10.4. The Hall–Kier alpha value is -4.20. The average Bonchev–Trinajstić information content (AvgIpc) is 3.53. The maximum absolute atomic E-state index is 13.8. The van der Waals surface area contributed by atoms with Crippen molar-refractivity contribution in [3.8, 4) is 11.8 Å². The van der Waals surface area contributed by atoms with E-state index < -0.39 is 11.7 Å². The number of alkyl halides is 3. The van der Waals surface area contributed by atoms with E-state index in [9.17, 15) is 13.2 Å². The Morgan fingerprint density at radius 3 is 2.60 bits per heavy atom. The van der Waals surface area contributed by atoms with Crippen LogP contribution in [0, 0.1) is 18.8 Å². The van der Waals surface area contributed by atoms with Gasteiger partial charge in [-0.25, -0.2) is 9.50 Å². The van der Waals surface area contributed by atoms with Crippen LogP contribution >= 0.6 is 0 Å². The lowest BCUT2D eigenvalue weighted by Gasteiger charge is -2.32. The molecule has 3 aromatic heterocycles. The van der Waals surface area contributed by atoms with Gasteiger partial charge in [-0.15, -0.1) is 0 Å². The van der Waals surface area contributed by atoms with Gasteiger partial charge in [0.25, 0.3) is 0 Å². The number of nitrogens with zero attached hydrogens (tertiary/aromatic N) is 6. The average molecular weight is 545 g/mol. The van der Waals surface area contributed by atoms with Gasteiger partial charge in [-0.3, -0.25) is 4.90 Å². The van der Waals surface area contributed by atoms with E-state index in [1.165, 1.54) is 12.1 Å². The van der Waals surface area contributed by atoms with Crippen molar-refractivity contribution in [1.82, 2.24) is 29.6 Å². The van der Waals surface area contributed by atoms with E-state index in [-0.39, 0.29) is 6.42 Å². The number of aromatic nitrogens is 4. The van der Waals surface area contributed by atoms with Gasteiger partial charge in [0.15, 0.2) is 11.2 Å². The van der Waals surface area contributed by atoms with E-state index >= 15 is 0 Å². The molecular formula is C30H27F3N6O. The number of aryl methyl sites for hydroxylation is 1. The lowest BCUT2D eigenvalue weighted by molar-refractivity contribution is -0.137. The summed E-state index contributed by atoms with van der Waals surface area (Å²) in [5.41, 5.74) is 4.50. The molecule has 10 heteroatoms. The SMILES string of the molecule is Cc1ccc2c(Cc3cc(CN4CCN(C)CC4)cc(C(F)(F)F)c3)noc2c1C#Cc1cnc2cccnn12. The molecule has 2 aromatic carbocycles. The molecule has 0 unspecified atom stereocenters. The van der Waals surface area contributed by atoms with Gasteiger partial charge in [0.05, 0.1) is 23.0 Å². The van der Waals surface area contributed by atoms with Crippen LogP contribution in [0.4, 0.5) is 13.2 Å². The van der Waals surface area contributed by atoms with Crippen LogP contribution in [-0.2, 0) is 19.1 Å². The number of likely N-dealkylation sites (N-methyl/N-ethyl adjacent to an activating group) is 1. The summed E-state index contributed by atoms with van der Waals surface area (Å²) in [6.45, 7) is 5.84. The van der Waals surface area contributed by atoms with Gasteiger partial charge >= 0.3 is 6.18 Å². The molecule has 4 heterocycles. The van der Waals surface area contributed by atoms with Gasteiger partial charge in [-0.05, 0) is 66.9 Å². The molecule has 1 saturated heterocycles. The quantitative estimate of drug-likeness (QED) is 0.299. The first-order chi connectivity index (χ1) is 19.2. The van der Waals surface area contributed by atoms with Gasteiger partial charge in [0.2, 0.25) is 0 Å². The summed E-state index contributed by atoms with van der Waals surface area (Å²) in [7, 11) is 2.05. The van der Waals surface area contributed by atoms with Crippen LogP contribution in [0.2, 0.25) is 0 Å². The molecular weight excluding hydrogens is 517 g/mol. The van der Waals surface area contributed by atoms with E-state index in [2.05, 4.69) is 43.9 Å². The molecule has 1 aliphatic heterocycles. The highest BCUT2D eigenvalue weighted by Gasteiger charge is 2.31. The number of benzene rings is 2. The maximum atomic E-state index is 13.8. The first-order valence-electron chi connectivity index (χ1n) is 13.0. The summed E-state index contributed by atoms with van der Waals surface area (Å²) >= 11 is 0. The van der Waals surface area contributed by atoms with Gasteiger partial charge in [0.1, 0.15) is 5.69 Å². The van der Waals surface area contributed by atoms with Crippen molar-refractivity contribution in [3.05, 3.63) is 94.1 Å². The topological polar surface area (TPSA) is 62.7 Å². The zero-order chi connectivity index (χ0) is 27.9. The fourth-order valence-corrected chi connectivity index (χ4v) is 5.05. The van der Waals surface area contributed by atoms with Crippen molar-refractivity contribution in [3.63, 3.8) is 0 Å². The summed E-state index contributed by atoms with van der Waals surface area (Å²) in [6, 6.07) is 11.8. The highest BCUT2D eigenvalue weighted by atomic mass is 19.4. The Morgan fingerprint density at radius 2 is 1.80 bits per heavy atom. The summed E-state index contributed by atoms with van der Waals surface area (Å²) < 4.78 is 48.9. The Kier molecular flexibility index (Phi) is 6.78. The van der Waals surface area contributed by atoms with E-state index in [0.717, 1.165) is 37.1 Å². The molecule has 0 atom stereocenters. The van der Waals surface area contributed by atoms with Crippen LogP contribution in [0.3, 0.4) is 0 Å². The fraction of sp³-hybridized carbons (Fsp3) is 0.300. The standard InChI is InChI=1S/C30H27F3N6O/c1-20-5-7-26-27(36-40-29(26)25(20)8-6-24-18-34-28-4-3-9-35-39(24)28)17-21-14-22(16-23(15-21)30(31,32)33)19-38-12-10-37(2)11-13-38/h3-5,7,9,14-16,18H,10-13,17,19H2,1-2H3. The smallest absolute Gasteiger partial charge is 0.355 e. The van der Waals surface area contributed by atoms with Gasteiger partial charge in [-0.1, -0.05) is 23.2 Å². The molecule has 0 amide bonds. The number of rotatable bonds is 4. The van der Waals surface area contributed by atoms with Crippen molar-refractivity contribution < 1.29 is 17.7 Å². The van der Waals surface area contributed by atoms with Crippen molar-refractivity contribution >= 4 is 16.6 Å². The van der Waals surface area contributed by atoms with Crippen LogP contribution in [0.15, 0.2) is 59.4 Å². The molecule has 0 aliphatic carbocycles. The third-order valence-corrected chi connectivity index (χ3v) is 7.27. The van der Waals surface area contributed by atoms with E-state index in [1.54, 1.807) is 23.0 Å². The lowest BCUT2D eigenvalue weighted by Crippen LogP contribution is -2.43. The van der Waals surface area contributed by atoms with Crippen LogP contribution in [0.25, 0.3) is 16.6 Å². The second-order valence-electron chi connectivity index (χ2n) is 10.2. The highest BCUT2D eigenvalue weighted by Crippen LogP contribution is 2.33. The van der Waals surface area contributed by atoms with Crippen LogP contribution < -0.4 is 0 Å². The molecule has 1 aliphatic rings. The molecule has 6 rings (SSSR count). The zero-order valence-corrected chi connectivity index (χ0v) is 22.2. The molecule has 0 bridgehead atoms. The molecule has 0 N–H and O–H groups in total. The van der Waals surface area contributed by atoms with Crippen LogP contribution in [0.1, 0.15) is 39.2 Å². The minimum atomic E-state index is -4.44. The van der Waals surface area contributed by atoms with Crippen molar-refractivity contribution in [2.75, 3.05) is 33.2 Å². The Labute approximate surface area is 229 Å². The minimum absolute atomic E-state index is 0.208. The number of hydrogen-bond acceptors (Lipinski definition) is 6. The summed E-state index contributed by atoms with van der Waals surface area (Å²) in [6.07, 6.45) is -0.909. The fourth-order valence-electron chi connectivity index (χ4n) is 5.05. The monoisotopic (exact) mass is 544 g/mol. The van der Waals surface area contributed by atoms with Crippen LogP contribution in [0.5, 0.6) is 0 Å². The van der Waals surface area contributed by atoms with Crippen LogP contribution in [-0.4, -0.2) is 62.8 Å². The van der Waals surface area contributed by atoms with E-state index in [0.29, 0.717) is 45.9 Å². The largest absolute Gasteiger partial charge is 0.416 e. The third-order valence-electron chi connectivity index (χ3n) is 7.27. The normalized spacial score (nSPS) is 15.0. The molecule has 204 valence electrons. The van der Waals surface area contributed by atoms with Crippen molar-refractivity contribution in [1.29, 1.82) is 0 Å². The number of piperazine rings is 1. The second-order valence-corrected chi connectivity index (χ2v) is 10.2. The predicted molar refractivity (Wildman–Crippen MR) is 145 cm³/mol. The molecule has 40 heavy (non-hydrogen) atoms. The van der Waals surface area contributed by atoms with E-state index in [1.807, 2.05) is 31.2 Å².